The second kappa shape index (κ2) is 11.5. The van der Waals surface area contributed by atoms with Gasteiger partial charge in [0.1, 0.15) is 5.76 Å². The van der Waals surface area contributed by atoms with Crippen molar-refractivity contribution in [3.8, 4) is 0 Å². The van der Waals surface area contributed by atoms with Crippen LogP contribution in [-0.2, 0) is 4.43 Å². The van der Waals surface area contributed by atoms with Crippen LogP contribution in [0.2, 0.25) is 18.1 Å². The highest BCUT2D eigenvalue weighted by molar-refractivity contribution is 6.74. The van der Waals surface area contributed by atoms with E-state index in [2.05, 4.69) is 70.0 Å². The first-order valence-electron chi connectivity index (χ1n) is 11.4. The van der Waals surface area contributed by atoms with Gasteiger partial charge in [0.2, 0.25) is 0 Å². The number of benzene rings is 1. The van der Waals surface area contributed by atoms with Gasteiger partial charge < -0.3 is 13.7 Å². The number of furan rings is 1. The minimum atomic E-state index is -1.62. The van der Waals surface area contributed by atoms with Gasteiger partial charge in [-0.3, -0.25) is 4.79 Å². The van der Waals surface area contributed by atoms with Gasteiger partial charge in [0.25, 0.3) is 0 Å². The SMILES string of the molecule is CCN(CCCCCO[Si](C)(C)C(C)(C)C)c1ccc(/C=C/c2ccc(C=O)o2)cc1. The molecule has 0 amide bonds. The van der Waals surface area contributed by atoms with Gasteiger partial charge in [-0.2, -0.15) is 0 Å². The number of rotatable bonds is 12. The summed E-state index contributed by atoms with van der Waals surface area (Å²) in [5, 5.41) is 0.282. The van der Waals surface area contributed by atoms with Crippen molar-refractivity contribution in [2.24, 2.45) is 0 Å². The van der Waals surface area contributed by atoms with Gasteiger partial charge in [-0.25, -0.2) is 0 Å². The zero-order chi connectivity index (χ0) is 22.9. The van der Waals surface area contributed by atoms with Crippen molar-refractivity contribution >= 4 is 32.4 Å². The molecule has 0 atom stereocenters. The number of unbranched alkanes of at least 4 members (excludes halogenated alkanes) is 2. The molecule has 2 rings (SSSR count). The van der Waals surface area contributed by atoms with Crippen molar-refractivity contribution in [1.82, 2.24) is 0 Å². The zero-order valence-electron chi connectivity index (χ0n) is 20.1. The number of aldehydes is 1. The Bertz CT molecular complexity index is 831. The lowest BCUT2D eigenvalue weighted by Gasteiger charge is -2.36. The van der Waals surface area contributed by atoms with Gasteiger partial charge in [-0.05, 0) is 80.2 Å². The first-order chi connectivity index (χ1) is 14.7. The molecule has 0 aliphatic heterocycles. The lowest BCUT2D eigenvalue weighted by Crippen LogP contribution is -2.40. The minimum Gasteiger partial charge on any atom is -0.454 e. The van der Waals surface area contributed by atoms with Gasteiger partial charge >= 0.3 is 0 Å². The van der Waals surface area contributed by atoms with E-state index in [-0.39, 0.29) is 5.04 Å². The molecule has 0 N–H and O–H groups in total. The molecule has 0 bridgehead atoms. The Kier molecular flexibility index (Phi) is 9.32. The lowest BCUT2D eigenvalue weighted by atomic mass is 10.1. The normalized spacial score (nSPS) is 12.5. The Balaban J connectivity index is 1.77. The number of hydrogen-bond donors (Lipinski definition) is 0. The van der Waals surface area contributed by atoms with Crippen LogP contribution in [0.3, 0.4) is 0 Å². The predicted molar refractivity (Wildman–Crippen MR) is 134 cm³/mol. The van der Waals surface area contributed by atoms with Crippen LogP contribution in [0, 0.1) is 0 Å². The summed E-state index contributed by atoms with van der Waals surface area (Å²) < 4.78 is 11.7. The van der Waals surface area contributed by atoms with E-state index in [0.717, 1.165) is 31.7 Å². The molecule has 0 saturated carbocycles. The Labute approximate surface area is 189 Å². The number of carbonyl (C=O) groups is 1. The van der Waals surface area contributed by atoms with E-state index in [4.69, 9.17) is 8.84 Å². The number of hydrogen-bond acceptors (Lipinski definition) is 4. The van der Waals surface area contributed by atoms with Crippen molar-refractivity contribution in [1.29, 1.82) is 0 Å². The van der Waals surface area contributed by atoms with Crippen LogP contribution in [0.4, 0.5) is 5.69 Å². The third-order valence-corrected chi connectivity index (χ3v) is 10.7. The standard InChI is InChI=1S/C26H39NO3Si/c1-7-27(19-9-8-10-20-29-31(5,6)26(2,3)4)23-14-11-22(12-15-23)13-16-24-17-18-25(21-28)30-24/h11-18,21H,7-10,19-20H2,1-6H3/b16-13+. The largest absolute Gasteiger partial charge is 0.454 e. The van der Waals surface area contributed by atoms with E-state index in [1.807, 2.05) is 12.2 Å². The van der Waals surface area contributed by atoms with E-state index in [9.17, 15) is 4.79 Å². The molecule has 1 aromatic carbocycles. The van der Waals surface area contributed by atoms with Gasteiger partial charge in [-0.15, -0.1) is 0 Å². The molecule has 0 radical (unpaired) electrons. The molecule has 0 aliphatic carbocycles. The molecule has 0 spiro atoms. The average molecular weight is 442 g/mol. The maximum atomic E-state index is 10.7. The zero-order valence-corrected chi connectivity index (χ0v) is 21.1. The summed E-state index contributed by atoms with van der Waals surface area (Å²) in [5.41, 5.74) is 2.35. The Morgan fingerprint density at radius 2 is 1.65 bits per heavy atom. The Morgan fingerprint density at radius 1 is 0.968 bits per heavy atom. The Hall–Kier alpha value is -2.11. The fraction of sp³-hybridized carbons (Fsp3) is 0.500. The maximum absolute atomic E-state index is 10.7. The number of nitrogens with zero attached hydrogens (tertiary/aromatic N) is 1. The topological polar surface area (TPSA) is 42.7 Å². The lowest BCUT2D eigenvalue weighted by molar-refractivity contribution is 0.110. The smallest absolute Gasteiger partial charge is 0.191 e. The first-order valence-corrected chi connectivity index (χ1v) is 14.3. The average Bonchev–Trinajstić information content (AvgIpc) is 3.19. The first kappa shape index (κ1) is 25.2. The molecule has 0 fully saturated rings. The van der Waals surface area contributed by atoms with Crippen LogP contribution >= 0.6 is 0 Å². The van der Waals surface area contributed by atoms with Crippen LogP contribution in [0.5, 0.6) is 0 Å². The van der Waals surface area contributed by atoms with Crippen molar-refractivity contribution in [3.63, 3.8) is 0 Å². The van der Waals surface area contributed by atoms with E-state index in [1.165, 1.54) is 18.5 Å². The number of carbonyl (C=O) groups excluding carboxylic acids is 1. The van der Waals surface area contributed by atoms with Crippen molar-refractivity contribution in [2.45, 2.75) is 65.1 Å². The van der Waals surface area contributed by atoms with E-state index >= 15 is 0 Å². The summed E-state index contributed by atoms with van der Waals surface area (Å²) in [6, 6.07) is 12.0. The summed E-state index contributed by atoms with van der Waals surface area (Å²) in [7, 11) is -1.62. The monoisotopic (exact) mass is 441 g/mol. The number of anilines is 1. The van der Waals surface area contributed by atoms with Crippen LogP contribution < -0.4 is 4.90 Å². The fourth-order valence-corrected chi connectivity index (χ4v) is 4.18. The van der Waals surface area contributed by atoms with Crippen molar-refractivity contribution in [3.05, 3.63) is 53.5 Å². The summed E-state index contributed by atoms with van der Waals surface area (Å²) in [6.07, 6.45) is 8.09. The molecule has 1 heterocycles. The van der Waals surface area contributed by atoms with Crippen molar-refractivity contribution in [2.75, 3.05) is 24.6 Å². The van der Waals surface area contributed by atoms with E-state index in [0.29, 0.717) is 17.8 Å². The highest BCUT2D eigenvalue weighted by Gasteiger charge is 2.36. The molecule has 0 unspecified atom stereocenters. The summed E-state index contributed by atoms with van der Waals surface area (Å²) in [6.45, 7) is 16.7. The molecular weight excluding hydrogens is 402 g/mol. The molecule has 170 valence electrons. The molecule has 5 heteroatoms. The highest BCUT2D eigenvalue weighted by Crippen LogP contribution is 2.36. The molecule has 31 heavy (non-hydrogen) atoms. The van der Waals surface area contributed by atoms with Gasteiger partial charge in [0.15, 0.2) is 20.4 Å². The van der Waals surface area contributed by atoms with E-state index < -0.39 is 8.32 Å². The van der Waals surface area contributed by atoms with E-state index in [1.54, 1.807) is 12.1 Å². The fourth-order valence-electron chi connectivity index (χ4n) is 3.09. The van der Waals surface area contributed by atoms with Gasteiger partial charge in [0.05, 0.1) is 0 Å². The maximum Gasteiger partial charge on any atom is 0.191 e. The van der Waals surface area contributed by atoms with Gasteiger partial charge in [-0.1, -0.05) is 39.0 Å². The van der Waals surface area contributed by atoms with Crippen molar-refractivity contribution < 1.29 is 13.6 Å². The molecule has 1 aromatic heterocycles. The third-order valence-electron chi connectivity index (χ3n) is 6.19. The predicted octanol–water partition coefficient (Wildman–Crippen LogP) is 7.28. The molecule has 0 aliphatic rings. The van der Waals surface area contributed by atoms with Crippen LogP contribution in [0.1, 0.15) is 68.8 Å². The van der Waals surface area contributed by atoms with Crippen LogP contribution in [0.15, 0.2) is 40.8 Å². The summed E-state index contributed by atoms with van der Waals surface area (Å²) >= 11 is 0. The minimum absolute atomic E-state index is 0.282. The highest BCUT2D eigenvalue weighted by atomic mass is 28.4. The molecule has 2 aromatic rings. The summed E-state index contributed by atoms with van der Waals surface area (Å²) in [5.74, 6) is 1.03. The van der Waals surface area contributed by atoms with Gasteiger partial charge in [0, 0.05) is 25.4 Å². The second-order valence-electron chi connectivity index (χ2n) is 9.53. The molecular formula is C26H39NO3Si. The Morgan fingerprint density at radius 3 is 2.23 bits per heavy atom. The summed E-state index contributed by atoms with van der Waals surface area (Å²) in [4.78, 5) is 13.1. The molecule has 4 nitrogen and oxygen atoms in total. The third kappa shape index (κ3) is 7.82. The second-order valence-corrected chi connectivity index (χ2v) is 14.3. The molecule has 0 saturated heterocycles. The quantitative estimate of drug-likeness (QED) is 0.197. The van der Waals surface area contributed by atoms with Crippen LogP contribution in [0.25, 0.3) is 12.2 Å². The van der Waals surface area contributed by atoms with Crippen LogP contribution in [-0.4, -0.2) is 34.3 Å².